The van der Waals surface area contributed by atoms with Gasteiger partial charge in [-0.2, -0.15) is 11.8 Å². The zero-order valence-corrected chi connectivity index (χ0v) is 8.99. The van der Waals surface area contributed by atoms with Crippen LogP contribution >= 0.6 is 11.8 Å². The molecule has 0 aliphatic heterocycles. The Kier molecular flexibility index (Phi) is 6.06. The predicted octanol–water partition coefficient (Wildman–Crippen LogP) is 2.61. The van der Waals surface area contributed by atoms with Crippen LogP contribution < -0.4 is 0 Å². The molecule has 2 atom stereocenters. The molecular formula is C9H19OS. The molecule has 0 bridgehead atoms. The van der Waals surface area contributed by atoms with E-state index in [9.17, 15) is 0 Å². The first-order chi connectivity index (χ1) is 5.13. The minimum atomic E-state index is 0.625. The van der Waals surface area contributed by atoms with Crippen molar-refractivity contribution in [3.8, 4) is 0 Å². The van der Waals surface area contributed by atoms with Crippen LogP contribution in [0.5, 0.6) is 0 Å². The topological polar surface area (TPSA) is 9.23 Å². The number of methoxy groups -OCH3 is 1. The first-order valence-corrected chi connectivity index (χ1v) is 5.24. The van der Waals surface area contributed by atoms with E-state index in [0.29, 0.717) is 11.2 Å². The fourth-order valence-electron chi connectivity index (χ4n) is 1.39. The summed E-state index contributed by atoms with van der Waals surface area (Å²) in [6, 6.07) is 0. The maximum atomic E-state index is 5.11. The van der Waals surface area contributed by atoms with E-state index in [1.165, 1.54) is 5.92 Å². The zero-order valence-electron chi connectivity index (χ0n) is 8.18. The summed E-state index contributed by atoms with van der Waals surface area (Å²) < 4.78 is 5.11. The normalized spacial score (nSPS) is 16.9. The second-order valence-electron chi connectivity index (χ2n) is 3.17. The Morgan fingerprint density at radius 3 is 2.27 bits per heavy atom. The van der Waals surface area contributed by atoms with Gasteiger partial charge in [-0.1, -0.05) is 20.8 Å². The molecular weight excluding hydrogens is 156 g/mol. The van der Waals surface area contributed by atoms with Crippen LogP contribution in [0.4, 0.5) is 0 Å². The van der Waals surface area contributed by atoms with Crippen molar-refractivity contribution < 1.29 is 4.74 Å². The van der Waals surface area contributed by atoms with Crippen molar-refractivity contribution in [1.82, 2.24) is 0 Å². The summed E-state index contributed by atoms with van der Waals surface area (Å²) in [5.74, 6) is 2.11. The molecule has 67 valence electrons. The fraction of sp³-hybridized carbons (Fsp3) is 0.889. The smallest absolute Gasteiger partial charge is 0.0498 e. The van der Waals surface area contributed by atoms with Crippen molar-refractivity contribution in [2.45, 2.75) is 26.0 Å². The Morgan fingerprint density at radius 2 is 2.00 bits per heavy atom. The molecule has 0 aliphatic rings. The van der Waals surface area contributed by atoms with Gasteiger partial charge in [0, 0.05) is 19.0 Å². The second kappa shape index (κ2) is 5.90. The van der Waals surface area contributed by atoms with Gasteiger partial charge in [-0.25, -0.2) is 0 Å². The molecule has 0 rings (SSSR count). The van der Waals surface area contributed by atoms with Gasteiger partial charge in [0.05, 0.1) is 0 Å². The van der Waals surface area contributed by atoms with Gasteiger partial charge in [-0.15, -0.1) is 0 Å². The van der Waals surface area contributed by atoms with Gasteiger partial charge in [0.2, 0.25) is 0 Å². The number of hydrogen-bond acceptors (Lipinski definition) is 2. The molecule has 0 saturated carbocycles. The third-order valence-corrected chi connectivity index (χ3v) is 3.21. The van der Waals surface area contributed by atoms with Gasteiger partial charge in [0.25, 0.3) is 0 Å². The van der Waals surface area contributed by atoms with E-state index in [-0.39, 0.29) is 0 Å². The van der Waals surface area contributed by atoms with E-state index in [1.54, 1.807) is 7.11 Å². The average molecular weight is 175 g/mol. The SMILES string of the molecule is COCC(C)C(SC)[C](C)C. The van der Waals surface area contributed by atoms with Gasteiger partial charge in [-0.05, 0) is 18.1 Å². The van der Waals surface area contributed by atoms with E-state index in [1.807, 2.05) is 11.8 Å². The molecule has 0 aromatic carbocycles. The first-order valence-electron chi connectivity index (χ1n) is 3.95. The van der Waals surface area contributed by atoms with Gasteiger partial charge < -0.3 is 4.74 Å². The number of hydrogen-bond donors (Lipinski definition) is 0. The van der Waals surface area contributed by atoms with Crippen LogP contribution in [0.3, 0.4) is 0 Å². The highest BCUT2D eigenvalue weighted by atomic mass is 32.2. The minimum Gasteiger partial charge on any atom is -0.384 e. The Hall–Kier alpha value is 0.310. The lowest BCUT2D eigenvalue weighted by atomic mass is 9.99. The van der Waals surface area contributed by atoms with Crippen LogP contribution in [-0.4, -0.2) is 25.2 Å². The molecule has 2 unspecified atom stereocenters. The molecule has 0 spiro atoms. The van der Waals surface area contributed by atoms with Crippen LogP contribution in [0, 0.1) is 11.8 Å². The quantitative estimate of drug-likeness (QED) is 0.635. The molecule has 0 aliphatic carbocycles. The lowest BCUT2D eigenvalue weighted by molar-refractivity contribution is 0.159. The van der Waals surface area contributed by atoms with E-state index in [4.69, 9.17) is 4.74 Å². The van der Waals surface area contributed by atoms with Gasteiger partial charge in [-0.3, -0.25) is 0 Å². The lowest BCUT2D eigenvalue weighted by Crippen LogP contribution is -2.22. The lowest BCUT2D eigenvalue weighted by Gasteiger charge is -2.24. The van der Waals surface area contributed by atoms with E-state index >= 15 is 0 Å². The zero-order chi connectivity index (χ0) is 8.85. The van der Waals surface area contributed by atoms with E-state index < -0.39 is 0 Å². The van der Waals surface area contributed by atoms with Crippen LogP contribution in [-0.2, 0) is 4.74 Å². The summed E-state index contributed by atoms with van der Waals surface area (Å²) in [5.41, 5.74) is 0. The van der Waals surface area contributed by atoms with Crippen LogP contribution in [0.1, 0.15) is 20.8 Å². The number of ether oxygens (including phenoxy) is 1. The Balaban J connectivity index is 3.81. The summed E-state index contributed by atoms with van der Waals surface area (Å²) in [7, 11) is 1.76. The number of rotatable bonds is 5. The molecule has 2 heteroatoms. The first kappa shape index (κ1) is 11.3. The average Bonchev–Trinajstić information content (AvgIpc) is 1.88. The summed E-state index contributed by atoms with van der Waals surface area (Å²) in [6.07, 6.45) is 2.16. The van der Waals surface area contributed by atoms with E-state index in [0.717, 1.165) is 6.61 Å². The highest BCUT2D eigenvalue weighted by molar-refractivity contribution is 7.99. The molecule has 11 heavy (non-hydrogen) atoms. The maximum absolute atomic E-state index is 5.11. The summed E-state index contributed by atoms with van der Waals surface area (Å²) in [6.45, 7) is 7.47. The Labute approximate surface area is 74.9 Å². The van der Waals surface area contributed by atoms with Crippen molar-refractivity contribution >= 4 is 11.8 Å². The van der Waals surface area contributed by atoms with Crippen molar-refractivity contribution in [3.63, 3.8) is 0 Å². The maximum Gasteiger partial charge on any atom is 0.0498 e. The molecule has 0 aromatic heterocycles. The second-order valence-corrected chi connectivity index (χ2v) is 4.15. The summed E-state index contributed by atoms with van der Waals surface area (Å²) >= 11 is 1.91. The Morgan fingerprint density at radius 1 is 1.45 bits per heavy atom. The van der Waals surface area contributed by atoms with Gasteiger partial charge in [0.1, 0.15) is 0 Å². The highest BCUT2D eigenvalue weighted by Crippen LogP contribution is 2.25. The molecule has 0 amide bonds. The third-order valence-electron chi connectivity index (χ3n) is 1.77. The van der Waals surface area contributed by atoms with E-state index in [2.05, 4.69) is 27.0 Å². The van der Waals surface area contributed by atoms with Crippen molar-refractivity contribution in [2.75, 3.05) is 20.0 Å². The number of thioether (sulfide) groups is 1. The molecule has 0 aromatic rings. The van der Waals surface area contributed by atoms with Gasteiger partial charge >= 0.3 is 0 Å². The molecule has 0 saturated heterocycles. The highest BCUT2D eigenvalue weighted by Gasteiger charge is 2.19. The largest absolute Gasteiger partial charge is 0.384 e. The molecule has 1 radical (unpaired) electrons. The minimum absolute atomic E-state index is 0.625. The van der Waals surface area contributed by atoms with Crippen molar-refractivity contribution in [3.05, 3.63) is 5.92 Å². The molecule has 1 nitrogen and oxygen atoms in total. The third kappa shape index (κ3) is 4.02. The predicted molar refractivity (Wildman–Crippen MR) is 52.9 cm³/mol. The van der Waals surface area contributed by atoms with Crippen molar-refractivity contribution in [1.29, 1.82) is 0 Å². The van der Waals surface area contributed by atoms with Crippen molar-refractivity contribution in [2.24, 2.45) is 5.92 Å². The van der Waals surface area contributed by atoms with Crippen LogP contribution in [0.25, 0.3) is 0 Å². The molecule has 0 N–H and O–H groups in total. The summed E-state index contributed by atoms with van der Waals surface area (Å²) in [4.78, 5) is 0. The molecule has 0 heterocycles. The fourth-order valence-corrected chi connectivity index (χ4v) is 2.40. The molecule has 0 fully saturated rings. The monoisotopic (exact) mass is 175 g/mol. The summed E-state index contributed by atoms with van der Waals surface area (Å²) in [5, 5.41) is 0.648. The van der Waals surface area contributed by atoms with Crippen LogP contribution in [0.15, 0.2) is 0 Å². The Bertz CT molecular complexity index is 93.6. The standard InChI is InChI=1S/C9H19OS/c1-7(2)9(11-5)8(3)6-10-4/h8-9H,6H2,1-5H3. The van der Waals surface area contributed by atoms with Gasteiger partial charge in [0.15, 0.2) is 0 Å². The van der Waals surface area contributed by atoms with Crippen LogP contribution in [0.2, 0.25) is 0 Å².